The van der Waals surface area contributed by atoms with Gasteiger partial charge in [0.2, 0.25) is 0 Å². The molecule has 1 fully saturated rings. The predicted octanol–water partition coefficient (Wildman–Crippen LogP) is 2.72. The second-order valence-electron chi connectivity index (χ2n) is 6.71. The van der Waals surface area contributed by atoms with E-state index in [1.165, 1.54) is 0 Å². The average molecular weight is 325 g/mol. The normalized spacial score (nSPS) is 17.7. The van der Waals surface area contributed by atoms with Crippen molar-refractivity contribution >= 4 is 15.9 Å². The third-order valence-electron chi connectivity index (χ3n) is 3.79. The van der Waals surface area contributed by atoms with E-state index in [2.05, 4.69) is 0 Å². The topological polar surface area (TPSA) is 63.7 Å². The molecule has 0 N–H and O–H groups in total. The van der Waals surface area contributed by atoms with E-state index in [1.54, 1.807) is 42.2 Å². The molecule has 1 aromatic rings. The number of likely N-dealkylation sites (tertiary alicyclic amines) is 1. The van der Waals surface area contributed by atoms with Crippen molar-refractivity contribution in [2.24, 2.45) is 5.92 Å². The lowest BCUT2D eigenvalue weighted by atomic mass is 9.97. The molecule has 1 heterocycles. The Morgan fingerprint density at radius 3 is 2.27 bits per heavy atom. The number of rotatable bonds is 3. The summed E-state index contributed by atoms with van der Waals surface area (Å²) in [7, 11) is -3.36. The summed E-state index contributed by atoms with van der Waals surface area (Å²) in [5.41, 5.74) is -0.538. The first-order chi connectivity index (χ1) is 10.1. The summed E-state index contributed by atoms with van der Waals surface area (Å²) in [4.78, 5) is 13.8. The molecule has 5 nitrogen and oxygen atoms in total. The number of hydrogen-bond acceptors (Lipinski definition) is 4. The summed E-state index contributed by atoms with van der Waals surface area (Å²) in [6.45, 7) is 7.98. The molecule has 0 spiro atoms. The zero-order valence-corrected chi connectivity index (χ0v) is 14.3. The van der Waals surface area contributed by atoms with Crippen LogP contribution in [0.25, 0.3) is 0 Å². The van der Waals surface area contributed by atoms with Gasteiger partial charge in [-0.15, -0.1) is 0 Å². The number of amides is 1. The van der Waals surface area contributed by atoms with Crippen molar-refractivity contribution in [2.75, 3.05) is 13.1 Å². The molecule has 2 rings (SSSR count). The molecular formula is C16H23NO4S. The van der Waals surface area contributed by atoms with Gasteiger partial charge in [-0.1, -0.05) is 18.2 Å². The largest absolute Gasteiger partial charge is 0.444 e. The van der Waals surface area contributed by atoms with Gasteiger partial charge in [0, 0.05) is 19.0 Å². The molecule has 0 aromatic heterocycles. The fourth-order valence-electron chi connectivity index (χ4n) is 2.36. The van der Waals surface area contributed by atoms with Crippen LogP contribution in [0, 0.1) is 5.92 Å². The maximum Gasteiger partial charge on any atom is 0.410 e. The van der Waals surface area contributed by atoms with Crippen LogP contribution in [-0.4, -0.2) is 43.4 Å². The fraction of sp³-hybridized carbons (Fsp3) is 0.562. The van der Waals surface area contributed by atoms with Gasteiger partial charge in [0.25, 0.3) is 0 Å². The van der Waals surface area contributed by atoms with E-state index in [-0.39, 0.29) is 12.0 Å². The Bertz CT molecular complexity index is 628. The van der Waals surface area contributed by atoms with E-state index in [0.29, 0.717) is 18.0 Å². The van der Waals surface area contributed by atoms with Crippen molar-refractivity contribution in [1.82, 2.24) is 4.90 Å². The highest BCUT2D eigenvalue weighted by Crippen LogP contribution is 2.29. The van der Waals surface area contributed by atoms with Gasteiger partial charge in [-0.2, -0.15) is 0 Å². The van der Waals surface area contributed by atoms with Crippen LogP contribution in [0.5, 0.6) is 0 Å². The minimum absolute atomic E-state index is 0.0577. The third-order valence-corrected chi connectivity index (χ3v) is 6.08. The summed E-state index contributed by atoms with van der Waals surface area (Å²) in [6, 6.07) is 8.43. The monoisotopic (exact) mass is 325 g/mol. The lowest BCUT2D eigenvalue weighted by Crippen LogP contribution is -2.56. The van der Waals surface area contributed by atoms with Gasteiger partial charge >= 0.3 is 6.09 Å². The van der Waals surface area contributed by atoms with Gasteiger partial charge in [-0.05, 0) is 39.8 Å². The highest BCUT2D eigenvalue weighted by molar-refractivity contribution is 7.92. The Balaban J connectivity index is 1.97. The molecule has 0 radical (unpaired) electrons. The first-order valence-electron chi connectivity index (χ1n) is 7.38. The highest BCUT2D eigenvalue weighted by Gasteiger charge is 2.41. The molecule has 0 saturated carbocycles. The zero-order chi connectivity index (χ0) is 16.5. The van der Waals surface area contributed by atoms with Crippen LogP contribution in [0.15, 0.2) is 35.2 Å². The first-order valence-corrected chi connectivity index (χ1v) is 8.93. The van der Waals surface area contributed by atoms with Crippen molar-refractivity contribution in [3.05, 3.63) is 30.3 Å². The van der Waals surface area contributed by atoms with Crippen molar-refractivity contribution in [1.29, 1.82) is 0 Å². The maximum atomic E-state index is 12.5. The number of carbonyl (C=O) groups is 1. The van der Waals surface area contributed by atoms with Crippen LogP contribution < -0.4 is 0 Å². The molecule has 22 heavy (non-hydrogen) atoms. The molecule has 1 aliphatic heterocycles. The Kier molecular flexibility index (Phi) is 4.52. The SMILES string of the molecule is CC(C1CN(C(=O)OC(C)(C)C)C1)S(=O)(=O)c1ccccc1. The highest BCUT2D eigenvalue weighted by atomic mass is 32.2. The number of sulfone groups is 1. The first kappa shape index (κ1) is 16.8. The third kappa shape index (κ3) is 3.61. The molecule has 1 atom stereocenters. The average Bonchev–Trinajstić information content (AvgIpc) is 2.35. The maximum absolute atomic E-state index is 12.5. The minimum atomic E-state index is -3.36. The lowest BCUT2D eigenvalue weighted by Gasteiger charge is -2.42. The van der Waals surface area contributed by atoms with E-state index in [9.17, 15) is 13.2 Å². The van der Waals surface area contributed by atoms with Crippen LogP contribution in [0.1, 0.15) is 27.7 Å². The van der Waals surface area contributed by atoms with Gasteiger partial charge in [-0.3, -0.25) is 0 Å². The Labute approximate surface area is 132 Å². The van der Waals surface area contributed by atoms with Crippen molar-refractivity contribution in [2.45, 2.75) is 43.4 Å². The predicted molar refractivity (Wildman–Crippen MR) is 84.4 cm³/mol. The fourth-order valence-corrected chi connectivity index (χ4v) is 4.01. The molecular weight excluding hydrogens is 302 g/mol. The van der Waals surface area contributed by atoms with Gasteiger partial charge in [0.15, 0.2) is 9.84 Å². The number of hydrogen-bond donors (Lipinski definition) is 0. The Morgan fingerprint density at radius 1 is 1.23 bits per heavy atom. The molecule has 122 valence electrons. The summed E-state index contributed by atoms with van der Waals surface area (Å²) in [6.07, 6.45) is -0.381. The van der Waals surface area contributed by atoms with Gasteiger partial charge < -0.3 is 9.64 Å². The summed E-state index contributed by atoms with van der Waals surface area (Å²) in [5, 5.41) is -0.520. The standard InChI is InChI=1S/C16H23NO4S/c1-12(22(19,20)14-8-6-5-7-9-14)13-10-17(11-13)15(18)21-16(2,3)4/h5-9,12-13H,10-11H2,1-4H3. The van der Waals surface area contributed by atoms with Crippen LogP contribution >= 0.6 is 0 Å². The van der Waals surface area contributed by atoms with Gasteiger partial charge in [0.1, 0.15) is 5.60 Å². The number of carbonyl (C=O) groups excluding carboxylic acids is 1. The molecule has 1 unspecified atom stereocenters. The van der Waals surface area contributed by atoms with Crippen molar-refractivity contribution < 1.29 is 17.9 Å². The number of ether oxygens (including phenoxy) is 1. The van der Waals surface area contributed by atoms with E-state index in [1.807, 2.05) is 20.8 Å². The van der Waals surface area contributed by atoms with Crippen LogP contribution in [0.3, 0.4) is 0 Å². The van der Waals surface area contributed by atoms with E-state index in [0.717, 1.165) is 0 Å². The second kappa shape index (κ2) is 5.91. The van der Waals surface area contributed by atoms with Crippen LogP contribution in [-0.2, 0) is 14.6 Å². The minimum Gasteiger partial charge on any atom is -0.444 e. The number of nitrogens with zero attached hydrogens (tertiary/aromatic N) is 1. The summed E-state index contributed by atoms with van der Waals surface area (Å²) < 4.78 is 30.4. The Hall–Kier alpha value is -1.56. The van der Waals surface area contributed by atoms with Crippen LogP contribution in [0.4, 0.5) is 4.79 Å². The smallest absolute Gasteiger partial charge is 0.410 e. The van der Waals surface area contributed by atoms with E-state index >= 15 is 0 Å². The summed E-state index contributed by atoms with van der Waals surface area (Å²) >= 11 is 0. The van der Waals surface area contributed by atoms with Crippen molar-refractivity contribution in [3.8, 4) is 0 Å². The van der Waals surface area contributed by atoms with Crippen molar-refractivity contribution in [3.63, 3.8) is 0 Å². The molecule has 1 amide bonds. The van der Waals surface area contributed by atoms with Crippen LogP contribution in [0.2, 0.25) is 0 Å². The molecule has 1 saturated heterocycles. The number of benzene rings is 1. The van der Waals surface area contributed by atoms with E-state index in [4.69, 9.17) is 4.74 Å². The lowest BCUT2D eigenvalue weighted by molar-refractivity contribution is -0.000957. The molecule has 6 heteroatoms. The van der Waals surface area contributed by atoms with Gasteiger partial charge in [-0.25, -0.2) is 13.2 Å². The molecule has 0 bridgehead atoms. The second-order valence-corrected chi connectivity index (χ2v) is 9.01. The van der Waals surface area contributed by atoms with E-state index < -0.39 is 20.7 Å². The van der Waals surface area contributed by atoms with Gasteiger partial charge in [0.05, 0.1) is 10.1 Å². The summed E-state index contributed by atoms with van der Waals surface area (Å²) in [5.74, 6) is -0.0577. The zero-order valence-electron chi connectivity index (χ0n) is 13.4. The molecule has 1 aromatic carbocycles. The molecule has 1 aliphatic rings. The quantitative estimate of drug-likeness (QED) is 0.857. The molecule has 0 aliphatic carbocycles. The Morgan fingerprint density at radius 2 is 1.77 bits per heavy atom.